The molecule has 0 unspecified atom stereocenters. The number of para-hydroxylation sites is 2. The van der Waals surface area contributed by atoms with Crippen LogP contribution in [-0.4, -0.2) is 23.4 Å². The number of phenolic OH excluding ortho intramolecular Hbond substituents is 2. The molecule has 0 aliphatic heterocycles. The van der Waals surface area contributed by atoms with Crippen LogP contribution in [0, 0.1) is 13.8 Å². The average molecular weight is 809 g/mol. The van der Waals surface area contributed by atoms with Gasteiger partial charge in [0.15, 0.2) is 0 Å². The predicted octanol–water partition coefficient (Wildman–Crippen LogP) is 13.7. The first kappa shape index (κ1) is 39.6. The third-order valence-corrected chi connectivity index (χ3v) is 14.2. The molecule has 6 aromatic rings. The van der Waals surface area contributed by atoms with Gasteiger partial charge in [0.25, 0.3) is 0 Å². The van der Waals surface area contributed by atoms with Crippen LogP contribution in [0.2, 0.25) is 0 Å². The van der Waals surface area contributed by atoms with E-state index in [-0.39, 0.29) is 0 Å². The summed E-state index contributed by atoms with van der Waals surface area (Å²) in [5.74, 6) is 2.22. The highest BCUT2D eigenvalue weighted by Gasteiger charge is 2.28. The first-order chi connectivity index (χ1) is 29.9. The van der Waals surface area contributed by atoms with Gasteiger partial charge in [-0.1, -0.05) is 48.5 Å². The highest BCUT2D eigenvalue weighted by Crippen LogP contribution is 2.49. The van der Waals surface area contributed by atoms with Gasteiger partial charge in [0, 0.05) is 39.8 Å². The molecule has 0 saturated carbocycles. The van der Waals surface area contributed by atoms with Crippen molar-refractivity contribution in [2.45, 2.75) is 123 Å². The molecule has 4 heteroatoms. The molecule has 4 nitrogen and oxygen atoms in total. The van der Waals surface area contributed by atoms with Crippen LogP contribution in [0.25, 0.3) is 44.5 Å². The van der Waals surface area contributed by atoms with Gasteiger partial charge in [-0.2, -0.15) is 0 Å². The lowest BCUT2D eigenvalue weighted by Gasteiger charge is -2.28. The minimum absolute atomic E-state index is 0.350. The molecule has 0 saturated heterocycles. The molecule has 0 radical (unpaired) electrons. The number of benzene rings is 6. The number of aromatic hydroxyl groups is 2. The summed E-state index contributed by atoms with van der Waals surface area (Å²) in [5, 5.41) is 24.5. The van der Waals surface area contributed by atoms with Crippen molar-refractivity contribution >= 4 is 0 Å². The summed E-state index contributed by atoms with van der Waals surface area (Å²) in [4.78, 5) is 0. The quantitative estimate of drug-likeness (QED) is 0.135. The summed E-state index contributed by atoms with van der Waals surface area (Å²) < 4.78 is 13.1. The van der Waals surface area contributed by atoms with Gasteiger partial charge in [0.05, 0.1) is 13.2 Å². The lowest BCUT2D eigenvalue weighted by atomic mass is 9.76. The third kappa shape index (κ3) is 7.62. The first-order valence-electron chi connectivity index (χ1n) is 23.4. The number of ether oxygens (including phenoxy) is 2. The second-order valence-corrected chi connectivity index (χ2v) is 18.3. The number of hydrogen-bond acceptors (Lipinski definition) is 4. The van der Waals surface area contributed by atoms with Crippen molar-refractivity contribution in [3.63, 3.8) is 0 Å². The number of hydrogen-bond donors (Lipinski definition) is 2. The van der Waals surface area contributed by atoms with E-state index in [1.165, 1.54) is 107 Å². The van der Waals surface area contributed by atoms with Crippen LogP contribution in [-0.2, 0) is 51.4 Å². The fraction of sp³-hybridized carbons (Fsp3) is 0.368. The molecule has 10 rings (SSSR count). The maximum absolute atomic E-state index is 12.2. The summed E-state index contributed by atoms with van der Waals surface area (Å²) in [6, 6.07) is 29.9. The van der Waals surface area contributed by atoms with E-state index < -0.39 is 0 Å². The van der Waals surface area contributed by atoms with Crippen molar-refractivity contribution in [2.75, 3.05) is 13.2 Å². The Morgan fingerprint density at radius 1 is 0.393 bits per heavy atom. The minimum Gasteiger partial charge on any atom is -0.507 e. The van der Waals surface area contributed by atoms with E-state index in [0.717, 1.165) is 107 Å². The van der Waals surface area contributed by atoms with Crippen molar-refractivity contribution in [1.82, 2.24) is 0 Å². The molecule has 0 amide bonds. The summed E-state index contributed by atoms with van der Waals surface area (Å²) in [5.41, 5.74) is 22.1. The molecular formula is C57H60O4. The molecule has 61 heavy (non-hydrogen) atoms. The van der Waals surface area contributed by atoms with Gasteiger partial charge in [-0.15, -0.1) is 0 Å². The van der Waals surface area contributed by atoms with Crippen molar-refractivity contribution in [3.8, 4) is 67.5 Å². The van der Waals surface area contributed by atoms with Crippen molar-refractivity contribution in [3.05, 3.63) is 141 Å². The van der Waals surface area contributed by atoms with Crippen LogP contribution in [0.3, 0.4) is 0 Å². The zero-order valence-corrected chi connectivity index (χ0v) is 36.2. The molecule has 0 atom stereocenters. The highest BCUT2D eigenvalue weighted by atomic mass is 16.5. The fourth-order valence-corrected chi connectivity index (χ4v) is 11.3. The Balaban J connectivity index is 0.891. The Labute approximate surface area is 362 Å². The van der Waals surface area contributed by atoms with Gasteiger partial charge in [-0.25, -0.2) is 0 Å². The monoisotopic (exact) mass is 808 g/mol. The van der Waals surface area contributed by atoms with Gasteiger partial charge in [0.2, 0.25) is 0 Å². The van der Waals surface area contributed by atoms with E-state index in [4.69, 9.17) is 9.47 Å². The van der Waals surface area contributed by atoms with Crippen LogP contribution in [0.4, 0.5) is 0 Å². The second kappa shape index (κ2) is 17.1. The first-order valence-corrected chi connectivity index (χ1v) is 23.4. The largest absolute Gasteiger partial charge is 0.507 e. The maximum atomic E-state index is 12.2. The maximum Gasteiger partial charge on any atom is 0.131 e. The number of aryl methyl sites for hydroxylation is 6. The van der Waals surface area contributed by atoms with Crippen LogP contribution >= 0.6 is 0 Å². The number of phenols is 2. The van der Waals surface area contributed by atoms with E-state index in [1.807, 2.05) is 36.4 Å². The molecule has 0 bridgehead atoms. The SMILES string of the molecule is Cc1cc(-c2ccccc2OCCCOc2ccccc2-c2cc(C)cc(-c3c4c(cc5c3CCCC5)CCCC4)c2O)c(O)c(-c2c3c(cc4c2CCCC4)CCCC3)c1. The summed E-state index contributed by atoms with van der Waals surface area (Å²) in [6.07, 6.45) is 19.3. The highest BCUT2D eigenvalue weighted by molar-refractivity contribution is 5.90. The molecule has 4 aliphatic rings. The van der Waals surface area contributed by atoms with E-state index in [1.54, 1.807) is 0 Å². The fourth-order valence-electron chi connectivity index (χ4n) is 11.3. The third-order valence-electron chi connectivity index (χ3n) is 14.2. The Bertz CT molecular complexity index is 2380. The Kier molecular flexibility index (Phi) is 11.1. The predicted molar refractivity (Wildman–Crippen MR) is 250 cm³/mol. The molecule has 0 aromatic heterocycles. The zero-order chi connectivity index (χ0) is 41.5. The van der Waals surface area contributed by atoms with Gasteiger partial charge in [-0.3, -0.25) is 0 Å². The van der Waals surface area contributed by atoms with E-state index in [0.29, 0.717) is 31.1 Å². The van der Waals surface area contributed by atoms with E-state index >= 15 is 0 Å². The standard InChI is InChI=1S/C57H60O4/c1-36-30-48(56(58)50(32-36)54-42-20-7-3-16-38(42)34-39-17-4-8-21-43(39)54)46-24-11-13-26-52(46)60-28-15-29-61-53-27-14-12-25-47(53)49-31-37(2)33-51(57(49)59)55-44-22-9-5-18-40(44)35-41-19-6-10-23-45(41)55/h11-14,24-27,30-35,58-59H,3-10,15-23,28-29H2,1-2H3. The Morgan fingerprint density at radius 3 is 1.10 bits per heavy atom. The molecule has 2 N–H and O–H groups in total. The lowest BCUT2D eigenvalue weighted by Crippen LogP contribution is -2.13. The molecule has 4 aliphatic carbocycles. The van der Waals surface area contributed by atoms with Gasteiger partial charge < -0.3 is 19.7 Å². The second-order valence-electron chi connectivity index (χ2n) is 18.3. The lowest BCUT2D eigenvalue weighted by molar-refractivity contribution is 0.248. The average Bonchev–Trinajstić information content (AvgIpc) is 3.29. The Hall–Kier alpha value is -5.48. The van der Waals surface area contributed by atoms with Crippen LogP contribution < -0.4 is 9.47 Å². The summed E-state index contributed by atoms with van der Waals surface area (Å²) in [7, 11) is 0. The van der Waals surface area contributed by atoms with E-state index in [2.05, 4.69) is 62.4 Å². The minimum atomic E-state index is 0.350. The van der Waals surface area contributed by atoms with Crippen molar-refractivity contribution in [2.24, 2.45) is 0 Å². The molecule has 6 aromatic carbocycles. The van der Waals surface area contributed by atoms with Gasteiger partial charge in [-0.05, 0) is 220 Å². The van der Waals surface area contributed by atoms with Gasteiger partial charge >= 0.3 is 0 Å². The molecule has 0 spiro atoms. The zero-order valence-electron chi connectivity index (χ0n) is 36.2. The number of fused-ring (bicyclic) bond motifs is 4. The molecule has 312 valence electrons. The normalized spacial score (nSPS) is 15.6. The van der Waals surface area contributed by atoms with Crippen LogP contribution in [0.1, 0.15) is 113 Å². The number of rotatable bonds is 10. The van der Waals surface area contributed by atoms with Crippen molar-refractivity contribution in [1.29, 1.82) is 0 Å². The molecule has 0 fully saturated rings. The van der Waals surface area contributed by atoms with Gasteiger partial charge in [0.1, 0.15) is 23.0 Å². The topological polar surface area (TPSA) is 58.9 Å². The molecule has 0 heterocycles. The van der Waals surface area contributed by atoms with E-state index in [9.17, 15) is 10.2 Å². The summed E-state index contributed by atoms with van der Waals surface area (Å²) >= 11 is 0. The van der Waals surface area contributed by atoms with Crippen LogP contribution in [0.15, 0.2) is 84.9 Å². The van der Waals surface area contributed by atoms with Crippen molar-refractivity contribution < 1.29 is 19.7 Å². The smallest absolute Gasteiger partial charge is 0.131 e. The van der Waals surface area contributed by atoms with Crippen LogP contribution in [0.5, 0.6) is 23.0 Å². The molecular weight excluding hydrogens is 749 g/mol. The Morgan fingerprint density at radius 2 is 0.721 bits per heavy atom. The summed E-state index contributed by atoms with van der Waals surface area (Å²) in [6.45, 7) is 5.21.